The summed E-state index contributed by atoms with van der Waals surface area (Å²) in [6, 6.07) is 8.26. The van der Waals surface area contributed by atoms with Crippen molar-refractivity contribution >= 4 is 17.2 Å². The third-order valence-electron chi connectivity index (χ3n) is 3.52. The van der Waals surface area contributed by atoms with E-state index < -0.39 is 0 Å². The first-order valence-corrected chi connectivity index (χ1v) is 7.68. The maximum Gasteiger partial charge on any atom is 0.119 e. The van der Waals surface area contributed by atoms with Gasteiger partial charge < -0.3 is 15.4 Å². The molecule has 0 aliphatic heterocycles. The summed E-state index contributed by atoms with van der Waals surface area (Å²) in [5, 5.41) is 0. The van der Waals surface area contributed by atoms with Crippen LogP contribution in [0.25, 0.3) is 0 Å². The molecule has 0 saturated heterocycles. The van der Waals surface area contributed by atoms with Gasteiger partial charge in [0.25, 0.3) is 0 Å². The van der Waals surface area contributed by atoms with Crippen LogP contribution in [-0.4, -0.2) is 36.1 Å². The summed E-state index contributed by atoms with van der Waals surface area (Å²) in [7, 11) is 2.18. The third-order valence-corrected chi connectivity index (χ3v) is 3.76. The Morgan fingerprint density at radius 3 is 2.55 bits per heavy atom. The van der Waals surface area contributed by atoms with Crippen LogP contribution in [0.3, 0.4) is 0 Å². The van der Waals surface area contributed by atoms with Gasteiger partial charge in [-0.3, -0.25) is 0 Å². The Hall–Kier alpha value is -1.13. The monoisotopic (exact) mass is 294 g/mol. The highest BCUT2D eigenvalue weighted by Gasteiger charge is 2.07. The smallest absolute Gasteiger partial charge is 0.119 e. The van der Waals surface area contributed by atoms with Crippen LogP contribution in [0.15, 0.2) is 24.3 Å². The number of nitrogens with zero attached hydrogens (tertiary/aromatic N) is 1. The van der Waals surface area contributed by atoms with E-state index in [1.807, 2.05) is 24.3 Å². The Bertz CT molecular complexity index is 405. The zero-order valence-electron chi connectivity index (χ0n) is 12.8. The molecule has 0 spiro atoms. The molecule has 0 fully saturated rings. The van der Waals surface area contributed by atoms with Crippen molar-refractivity contribution in [1.29, 1.82) is 0 Å². The molecule has 2 N–H and O–H groups in total. The number of thiocarbonyl (C=S) groups is 1. The zero-order chi connectivity index (χ0) is 15.0. The molecule has 0 aromatic heterocycles. The molecule has 0 saturated carbocycles. The summed E-state index contributed by atoms with van der Waals surface area (Å²) in [5.41, 5.74) is 6.43. The van der Waals surface area contributed by atoms with Gasteiger partial charge in [0.15, 0.2) is 0 Å². The summed E-state index contributed by atoms with van der Waals surface area (Å²) >= 11 is 4.92. The lowest BCUT2D eigenvalue weighted by Crippen LogP contribution is -2.30. The predicted molar refractivity (Wildman–Crippen MR) is 89.4 cm³/mol. The van der Waals surface area contributed by atoms with Crippen LogP contribution in [0.2, 0.25) is 0 Å². The first-order chi connectivity index (χ1) is 9.54. The number of ether oxygens (including phenoxy) is 1. The van der Waals surface area contributed by atoms with E-state index in [0.29, 0.717) is 11.0 Å². The number of benzene rings is 1. The van der Waals surface area contributed by atoms with E-state index in [1.54, 1.807) is 0 Å². The average Bonchev–Trinajstić information content (AvgIpc) is 2.44. The normalized spacial score (nSPS) is 12.4. The number of hydrogen-bond donors (Lipinski definition) is 1. The Kier molecular flexibility index (Phi) is 7.55. The minimum absolute atomic E-state index is 0.420. The van der Waals surface area contributed by atoms with Gasteiger partial charge in [0.2, 0.25) is 0 Å². The fourth-order valence-corrected chi connectivity index (χ4v) is 2.21. The van der Waals surface area contributed by atoms with E-state index >= 15 is 0 Å². The first kappa shape index (κ1) is 16.9. The van der Waals surface area contributed by atoms with Gasteiger partial charge in [0, 0.05) is 18.2 Å². The standard InChI is InChI=1S/C16H26N2OS/c1-4-6-13(2)18(3)11-5-12-19-15-9-7-14(8-10-15)16(17)20/h7-10,13H,4-6,11-12H2,1-3H3,(H2,17,20). The van der Waals surface area contributed by atoms with Crippen LogP contribution in [0.4, 0.5) is 0 Å². The molecule has 1 rings (SSSR count). The van der Waals surface area contributed by atoms with Crippen molar-refractivity contribution in [3.05, 3.63) is 29.8 Å². The Morgan fingerprint density at radius 2 is 2.00 bits per heavy atom. The SMILES string of the molecule is CCCC(C)N(C)CCCOc1ccc(C(N)=S)cc1. The maximum atomic E-state index is 5.72. The molecule has 0 radical (unpaired) electrons. The molecule has 112 valence electrons. The van der Waals surface area contributed by atoms with Crippen molar-refractivity contribution < 1.29 is 4.74 Å². The van der Waals surface area contributed by atoms with Crippen LogP contribution in [0.5, 0.6) is 5.75 Å². The Morgan fingerprint density at radius 1 is 1.35 bits per heavy atom. The van der Waals surface area contributed by atoms with Crippen molar-refractivity contribution in [2.75, 3.05) is 20.2 Å². The average molecular weight is 294 g/mol. The minimum Gasteiger partial charge on any atom is -0.494 e. The van der Waals surface area contributed by atoms with Crippen molar-refractivity contribution in [2.45, 2.75) is 39.2 Å². The second kappa shape index (κ2) is 8.93. The first-order valence-electron chi connectivity index (χ1n) is 7.27. The van der Waals surface area contributed by atoms with Gasteiger partial charge in [-0.15, -0.1) is 0 Å². The second-order valence-corrected chi connectivity index (χ2v) is 5.65. The van der Waals surface area contributed by atoms with Gasteiger partial charge in [-0.2, -0.15) is 0 Å². The van der Waals surface area contributed by atoms with Crippen molar-refractivity contribution in [3.8, 4) is 5.75 Å². The molecule has 1 aromatic carbocycles. The molecule has 1 unspecified atom stereocenters. The van der Waals surface area contributed by atoms with Crippen LogP contribution < -0.4 is 10.5 Å². The molecular formula is C16H26N2OS. The zero-order valence-corrected chi connectivity index (χ0v) is 13.6. The van der Waals surface area contributed by atoms with Crippen LogP contribution in [0.1, 0.15) is 38.7 Å². The predicted octanol–water partition coefficient (Wildman–Crippen LogP) is 3.21. The summed E-state index contributed by atoms with van der Waals surface area (Å²) in [4.78, 5) is 2.81. The molecule has 0 amide bonds. The highest BCUT2D eigenvalue weighted by molar-refractivity contribution is 7.80. The van der Waals surface area contributed by atoms with Crippen molar-refractivity contribution in [2.24, 2.45) is 5.73 Å². The topological polar surface area (TPSA) is 38.5 Å². The largest absolute Gasteiger partial charge is 0.494 e. The molecule has 3 nitrogen and oxygen atoms in total. The van der Waals surface area contributed by atoms with Crippen molar-refractivity contribution in [1.82, 2.24) is 4.90 Å². The lowest BCUT2D eigenvalue weighted by molar-refractivity contribution is 0.216. The maximum absolute atomic E-state index is 5.72. The van der Waals surface area contributed by atoms with Gasteiger partial charge in [-0.25, -0.2) is 0 Å². The third kappa shape index (κ3) is 5.88. The van der Waals surface area contributed by atoms with E-state index in [0.717, 1.165) is 30.9 Å². The Labute approximate surface area is 128 Å². The molecule has 0 heterocycles. The van der Waals surface area contributed by atoms with E-state index in [-0.39, 0.29) is 0 Å². The van der Waals surface area contributed by atoms with Gasteiger partial charge in [0.05, 0.1) is 6.61 Å². The van der Waals surface area contributed by atoms with Crippen LogP contribution in [0, 0.1) is 0 Å². The van der Waals surface area contributed by atoms with Gasteiger partial charge >= 0.3 is 0 Å². The highest BCUT2D eigenvalue weighted by Crippen LogP contribution is 2.12. The molecule has 0 bridgehead atoms. The highest BCUT2D eigenvalue weighted by atomic mass is 32.1. The number of rotatable bonds is 9. The van der Waals surface area contributed by atoms with E-state index in [9.17, 15) is 0 Å². The van der Waals surface area contributed by atoms with Crippen molar-refractivity contribution in [3.63, 3.8) is 0 Å². The van der Waals surface area contributed by atoms with Crippen LogP contribution >= 0.6 is 12.2 Å². The van der Waals surface area contributed by atoms with Gasteiger partial charge in [0.1, 0.15) is 10.7 Å². The summed E-state index contributed by atoms with van der Waals surface area (Å²) in [6.45, 7) is 6.30. The molecule has 1 atom stereocenters. The minimum atomic E-state index is 0.420. The summed E-state index contributed by atoms with van der Waals surface area (Å²) in [5.74, 6) is 0.870. The quantitative estimate of drug-likeness (QED) is 0.561. The van der Waals surface area contributed by atoms with Gasteiger partial charge in [-0.1, -0.05) is 25.6 Å². The Balaban J connectivity index is 2.25. The molecule has 1 aromatic rings. The number of nitrogens with two attached hydrogens (primary N) is 1. The van der Waals surface area contributed by atoms with E-state index in [2.05, 4.69) is 25.8 Å². The molecule has 20 heavy (non-hydrogen) atoms. The van der Waals surface area contributed by atoms with E-state index in [1.165, 1.54) is 12.8 Å². The molecule has 0 aliphatic rings. The lowest BCUT2D eigenvalue weighted by atomic mass is 10.2. The fraction of sp³-hybridized carbons (Fsp3) is 0.562. The molecular weight excluding hydrogens is 268 g/mol. The lowest BCUT2D eigenvalue weighted by Gasteiger charge is -2.24. The van der Waals surface area contributed by atoms with Crippen LogP contribution in [-0.2, 0) is 0 Å². The molecule has 4 heteroatoms. The van der Waals surface area contributed by atoms with Gasteiger partial charge in [-0.05, 0) is 51.1 Å². The fourth-order valence-electron chi connectivity index (χ4n) is 2.08. The number of hydrogen-bond acceptors (Lipinski definition) is 3. The summed E-state index contributed by atoms with van der Waals surface area (Å²) in [6.07, 6.45) is 3.51. The second-order valence-electron chi connectivity index (χ2n) is 5.21. The molecule has 0 aliphatic carbocycles. The van der Waals surface area contributed by atoms with E-state index in [4.69, 9.17) is 22.7 Å². The summed E-state index contributed by atoms with van der Waals surface area (Å²) < 4.78 is 5.72.